The number of rotatable bonds is 3. The van der Waals surface area contributed by atoms with Crippen LogP contribution >= 0.6 is 39.1 Å². The van der Waals surface area contributed by atoms with E-state index in [4.69, 9.17) is 27.9 Å². The summed E-state index contributed by atoms with van der Waals surface area (Å²) < 4.78 is 6.73. The van der Waals surface area contributed by atoms with Gasteiger partial charge in [0.05, 0.1) is 10.7 Å². The van der Waals surface area contributed by atoms with Crippen molar-refractivity contribution in [1.82, 2.24) is 4.98 Å². The summed E-state index contributed by atoms with van der Waals surface area (Å²) in [5.41, 5.74) is 1.82. The Kier molecular flexibility index (Phi) is 5.18. The molecule has 0 unspecified atom stereocenters. The van der Waals surface area contributed by atoms with Crippen LogP contribution in [-0.4, -0.2) is 4.98 Å². The largest absolute Gasteiger partial charge is 0.437 e. The molecule has 0 aliphatic heterocycles. The molecule has 112 valence electrons. The van der Waals surface area contributed by atoms with Gasteiger partial charge in [0.15, 0.2) is 0 Å². The van der Waals surface area contributed by atoms with E-state index < -0.39 is 0 Å². The second-order valence-corrected chi connectivity index (χ2v) is 7.35. The molecular weight excluding hydrogens is 373 g/mol. The van der Waals surface area contributed by atoms with Gasteiger partial charge in [0, 0.05) is 21.8 Å². The minimum absolute atomic E-state index is 0.0821. The molecule has 1 aromatic carbocycles. The molecular formula is C16H16BrCl2NO. The molecule has 0 spiro atoms. The van der Waals surface area contributed by atoms with Gasteiger partial charge in [-0.3, -0.25) is 0 Å². The van der Waals surface area contributed by atoms with Crippen molar-refractivity contribution in [1.29, 1.82) is 0 Å². The minimum Gasteiger partial charge on any atom is -0.437 e. The van der Waals surface area contributed by atoms with Gasteiger partial charge in [-0.2, -0.15) is 0 Å². The lowest BCUT2D eigenvalue weighted by Crippen LogP contribution is -2.14. The molecule has 0 saturated heterocycles. The molecule has 2 nitrogen and oxygen atoms in total. The van der Waals surface area contributed by atoms with Crippen LogP contribution in [0.2, 0.25) is 5.02 Å². The summed E-state index contributed by atoms with van der Waals surface area (Å²) in [5.74, 6) is 1.47. The zero-order valence-corrected chi connectivity index (χ0v) is 15.2. The van der Waals surface area contributed by atoms with Crippen LogP contribution in [0.4, 0.5) is 0 Å². The van der Waals surface area contributed by atoms with E-state index in [1.807, 2.05) is 24.3 Å². The summed E-state index contributed by atoms with van der Waals surface area (Å²) in [6.45, 7) is 6.30. The average Bonchev–Trinajstić information content (AvgIpc) is 2.41. The first-order valence-electron chi connectivity index (χ1n) is 6.50. The maximum Gasteiger partial charge on any atom is 0.219 e. The van der Waals surface area contributed by atoms with Crippen LogP contribution in [0.1, 0.15) is 32.0 Å². The SMILES string of the molecule is CC(C)(C)c1cc(CCl)cc(Oc2cc(Br)ccc2Cl)n1. The Morgan fingerprint density at radius 2 is 1.90 bits per heavy atom. The Labute approximate surface area is 143 Å². The lowest BCUT2D eigenvalue weighted by Gasteiger charge is -2.19. The Hall–Kier alpha value is -0.770. The Bertz CT molecular complexity index is 653. The third-order valence-corrected chi connectivity index (χ3v) is 4.01. The molecule has 1 aromatic heterocycles. The molecule has 0 atom stereocenters. The van der Waals surface area contributed by atoms with Crippen LogP contribution in [0.15, 0.2) is 34.8 Å². The number of halogens is 3. The van der Waals surface area contributed by atoms with Crippen molar-refractivity contribution >= 4 is 39.1 Å². The van der Waals surface area contributed by atoms with Crippen molar-refractivity contribution in [2.24, 2.45) is 0 Å². The van der Waals surface area contributed by atoms with Crippen LogP contribution in [0, 0.1) is 0 Å². The summed E-state index contributed by atoms with van der Waals surface area (Å²) >= 11 is 15.5. The van der Waals surface area contributed by atoms with E-state index in [2.05, 4.69) is 41.7 Å². The fraction of sp³-hybridized carbons (Fsp3) is 0.312. The van der Waals surface area contributed by atoms with Gasteiger partial charge in [-0.1, -0.05) is 48.3 Å². The monoisotopic (exact) mass is 387 g/mol. The van der Waals surface area contributed by atoms with Crippen LogP contribution < -0.4 is 4.74 Å². The maximum atomic E-state index is 6.15. The highest BCUT2D eigenvalue weighted by atomic mass is 79.9. The number of ether oxygens (including phenoxy) is 1. The number of nitrogens with zero attached hydrogens (tertiary/aromatic N) is 1. The van der Waals surface area contributed by atoms with Gasteiger partial charge in [0.1, 0.15) is 5.75 Å². The van der Waals surface area contributed by atoms with Crippen LogP contribution in [0.5, 0.6) is 11.6 Å². The summed E-state index contributed by atoms with van der Waals surface area (Å²) in [6, 6.07) is 9.28. The van der Waals surface area contributed by atoms with E-state index in [9.17, 15) is 0 Å². The van der Waals surface area contributed by atoms with Crippen LogP contribution in [0.25, 0.3) is 0 Å². The molecule has 2 aromatic rings. The van der Waals surface area contributed by atoms with Crippen molar-refractivity contribution < 1.29 is 4.74 Å². The third kappa shape index (κ3) is 4.35. The van der Waals surface area contributed by atoms with Gasteiger partial charge in [0.2, 0.25) is 5.88 Å². The summed E-state index contributed by atoms with van der Waals surface area (Å²) in [5, 5.41) is 0.536. The lowest BCUT2D eigenvalue weighted by molar-refractivity contribution is 0.451. The van der Waals surface area contributed by atoms with E-state index in [0.29, 0.717) is 22.5 Å². The number of benzene rings is 1. The number of hydrogen-bond acceptors (Lipinski definition) is 2. The second kappa shape index (κ2) is 6.55. The Morgan fingerprint density at radius 1 is 1.19 bits per heavy atom. The number of alkyl halides is 1. The lowest BCUT2D eigenvalue weighted by atomic mass is 9.91. The zero-order chi connectivity index (χ0) is 15.6. The van der Waals surface area contributed by atoms with Gasteiger partial charge in [-0.25, -0.2) is 4.98 Å². The summed E-state index contributed by atoms with van der Waals surface area (Å²) in [4.78, 5) is 4.56. The van der Waals surface area contributed by atoms with E-state index >= 15 is 0 Å². The zero-order valence-electron chi connectivity index (χ0n) is 12.1. The molecule has 0 radical (unpaired) electrons. The molecule has 0 saturated carbocycles. The number of hydrogen-bond donors (Lipinski definition) is 0. The van der Waals surface area contributed by atoms with Crippen molar-refractivity contribution in [2.45, 2.75) is 32.1 Å². The predicted molar refractivity (Wildman–Crippen MR) is 91.7 cm³/mol. The molecule has 0 aliphatic carbocycles. The van der Waals surface area contributed by atoms with Crippen LogP contribution in [0.3, 0.4) is 0 Å². The molecule has 0 bridgehead atoms. The summed E-state index contributed by atoms with van der Waals surface area (Å²) in [7, 11) is 0. The molecule has 0 N–H and O–H groups in total. The molecule has 21 heavy (non-hydrogen) atoms. The third-order valence-electron chi connectivity index (χ3n) is 2.89. The first-order chi connectivity index (χ1) is 9.79. The quantitative estimate of drug-likeness (QED) is 0.573. The van der Waals surface area contributed by atoms with E-state index in [1.54, 1.807) is 6.07 Å². The first-order valence-corrected chi connectivity index (χ1v) is 8.20. The van der Waals surface area contributed by atoms with Crippen molar-refractivity contribution in [3.8, 4) is 11.6 Å². The predicted octanol–water partition coefficient (Wildman–Crippen LogP) is 6.33. The topological polar surface area (TPSA) is 22.1 Å². The van der Waals surface area contributed by atoms with Gasteiger partial charge in [-0.15, -0.1) is 11.6 Å². The van der Waals surface area contributed by atoms with E-state index in [1.165, 1.54) is 0 Å². The highest BCUT2D eigenvalue weighted by Crippen LogP contribution is 2.33. The van der Waals surface area contributed by atoms with Gasteiger partial charge >= 0.3 is 0 Å². The fourth-order valence-corrected chi connectivity index (χ4v) is 2.39. The molecule has 5 heteroatoms. The smallest absolute Gasteiger partial charge is 0.219 e. The highest BCUT2D eigenvalue weighted by Gasteiger charge is 2.18. The maximum absolute atomic E-state index is 6.15. The molecule has 0 fully saturated rings. The number of aromatic nitrogens is 1. The van der Waals surface area contributed by atoms with Crippen molar-refractivity contribution in [3.63, 3.8) is 0 Å². The minimum atomic E-state index is -0.0821. The molecule has 0 aliphatic rings. The normalized spacial score (nSPS) is 11.5. The molecule has 2 rings (SSSR count). The standard InChI is InChI=1S/C16H16BrCl2NO/c1-16(2,3)14-6-10(9-18)7-15(20-14)21-13-8-11(17)4-5-12(13)19/h4-8H,9H2,1-3H3. The summed E-state index contributed by atoms with van der Waals surface area (Å²) in [6.07, 6.45) is 0. The Morgan fingerprint density at radius 3 is 2.52 bits per heavy atom. The molecule has 0 amide bonds. The molecule has 1 heterocycles. The van der Waals surface area contributed by atoms with Gasteiger partial charge in [0.25, 0.3) is 0 Å². The average molecular weight is 389 g/mol. The van der Waals surface area contributed by atoms with Crippen LogP contribution in [-0.2, 0) is 11.3 Å². The first kappa shape index (κ1) is 16.6. The van der Waals surface area contributed by atoms with E-state index in [-0.39, 0.29) is 5.41 Å². The Balaban J connectivity index is 2.42. The second-order valence-electron chi connectivity index (χ2n) is 5.76. The van der Waals surface area contributed by atoms with Crippen molar-refractivity contribution in [2.75, 3.05) is 0 Å². The number of pyridine rings is 1. The van der Waals surface area contributed by atoms with E-state index in [0.717, 1.165) is 15.7 Å². The van der Waals surface area contributed by atoms with Gasteiger partial charge < -0.3 is 4.74 Å². The highest BCUT2D eigenvalue weighted by molar-refractivity contribution is 9.10. The van der Waals surface area contributed by atoms with Gasteiger partial charge in [-0.05, 0) is 29.8 Å². The van der Waals surface area contributed by atoms with Crippen molar-refractivity contribution in [3.05, 3.63) is 51.1 Å². The fourth-order valence-electron chi connectivity index (χ4n) is 1.74.